The number of rotatable bonds is 3. The lowest BCUT2D eigenvalue weighted by Crippen LogP contribution is -2.46. The lowest BCUT2D eigenvalue weighted by Gasteiger charge is -2.33. The van der Waals surface area contributed by atoms with E-state index in [0.717, 1.165) is 18.4 Å². The molecule has 0 aromatic carbocycles. The molecule has 0 aromatic rings. The average molecular weight is 281 g/mol. The van der Waals surface area contributed by atoms with Crippen molar-refractivity contribution in [3.05, 3.63) is 0 Å². The van der Waals surface area contributed by atoms with E-state index in [1.165, 1.54) is 58.0 Å². The van der Waals surface area contributed by atoms with Crippen molar-refractivity contribution in [3.8, 4) is 0 Å². The summed E-state index contributed by atoms with van der Waals surface area (Å²) >= 11 is 0. The molecular formula is C15H31N5. The number of likely N-dealkylation sites (tertiary alicyclic amines) is 1. The third-order valence-electron chi connectivity index (χ3n) is 4.74. The van der Waals surface area contributed by atoms with Crippen LogP contribution < -0.4 is 11.3 Å². The van der Waals surface area contributed by atoms with E-state index in [9.17, 15) is 0 Å². The summed E-state index contributed by atoms with van der Waals surface area (Å²) in [6.45, 7) is 3.48. The standard InChI is InChI=1S/C15H31N5/c1-19-10-8-13(9-11-19)12-20(2)15(18-16)17-14-6-4-3-5-7-14/h13-14H,3-12,16H2,1-2H3,(H,17,18). The van der Waals surface area contributed by atoms with E-state index < -0.39 is 0 Å². The van der Waals surface area contributed by atoms with Crippen LogP contribution in [0.4, 0.5) is 0 Å². The number of piperidine rings is 1. The van der Waals surface area contributed by atoms with Crippen LogP contribution in [0.15, 0.2) is 4.99 Å². The summed E-state index contributed by atoms with van der Waals surface area (Å²) in [5.41, 5.74) is 2.81. The largest absolute Gasteiger partial charge is 0.345 e. The Balaban J connectivity index is 1.84. The van der Waals surface area contributed by atoms with E-state index in [-0.39, 0.29) is 0 Å². The Hall–Kier alpha value is -0.810. The zero-order valence-corrected chi connectivity index (χ0v) is 13.1. The fourth-order valence-corrected chi connectivity index (χ4v) is 3.35. The van der Waals surface area contributed by atoms with Crippen molar-refractivity contribution in [2.75, 3.05) is 33.7 Å². The van der Waals surface area contributed by atoms with Crippen LogP contribution in [0, 0.1) is 5.92 Å². The molecular weight excluding hydrogens is 250 g/mol. The molecule has 1 saturated heterocycles. The van der Waals surface area contributed by atoms with Crippen LogP contribution in [0.2, 0.25) is 0 Å². The molecule has 0 spiro atoms. The number of nitrogens with two attached hydrogens (primary N) is 1. The SMILES string of the molecule is CN1CCC(CN(C)C(=NC2CCCCC2)NN)CC1. The highest BCUT2D eigenvalue weighted by Gasteiger charge is 2.20. The van der Waals surface area contributed by atoms with Crippen molar-refractivity contribution < 1.29 is 0 Å². The molecule has 2 aliphatic rings. The molecule has 0 aromatic heterocycles. The van der Waals surface area contributed by atoms with Crippen LogP contribution >= 0.6 is 0 Å². The van der Waals surface area contributed by atoms with Crippen molar-refractivity contribution in [3.63, 3.8) is 0 Å². The number of nitrogens with one attached hydrogen (secondary N) is 1. The summed E-state index contributed by atoms with van der Waals surface area (Å²) in [5, 5.41) is 0. The number of guanidine groups is 1. The predicted molar refractivity (Wildman–Crippen MR) is 84.5 cm³/mol. The molecule has 5 nitrogen and oxygen atoms in total. The maximum atomic E-state index is 5.69. The number of nitrogens with zero attached hydrogens (tertiary/aromatic N) is 3. The topological polar surface area (TPSA) is 56.9 Å². The summed E-state index contributed by atoms with van der Waals surface area (Å²) in [6, 6.07) is 0.467. The minimum absolute atomic E-state index is 0.467. The molecule has 1 aliphatic carbocycles. The molecule has 0 radical (unpaired) electrons. The predicted octanol–water partition coefficient (Wildman–Crippen LogP) is 1.41. The summed E-state index contributed by atoms with van der Waals surface area (Å²) in [7, 11) is 4.32. The van der Waals surface area contributed by atoms with Crippen molar-refractivity contribution in [2.45, 2.75) is 51.0 Å². The summed E-state index contributed by atoms with van der Waals surface area (Å²) in [6.07, 6.45) is 8.98. The monoisotopic (exact) mass is 281 g/mol. The second kappa shape index (κ2) is 7.84. The first-order chi connectivity index (χ1) is 9.69. The molecule has 20 heavy (non-hydrogen) atoms. The van der Waals surface area contributed by atoms with Crippen molar-refractivity contribution >= 4 is 5.96 Å². The van der Waals surface area contributed by atoms with Gasteiger partial charge in [0.15, 0.2) is 0 Å². The lowest BCUT2D eigenvalue weighted by molar-refractivity contribution is 0.198. The van der Waals surface area contributed by atoms with E-state index in [0.29, 0.717) is 6.04 Å². The van der Waals surface area contributed by atoms with Gasteiger partial charge in [-0.2, -0.15) is 0 Å². The van der Waals surface area contributed by atoms with Crippen molar-refractivity contribution in [2.24, 2.45) is 16.8 Å². The van der Waals surface area contributed by atoms with E-state index in [1.807, 2.05) is 0 Å². The first-order valence-corrected chi connectivity index (χ1v) is 8.13. The van der Waals surface area contributed by atoms with Gasteiger partial charge in [0, 0.05) is 13.6 Å². The number of hydrazine groups is 1. The zero-order chi connectivity index (χ0) is 14.4. The Bertz CT molecular complexity index is 303. The van der Waals surface area contributed by atoms with E-state index >= 15 is 0 Å². The summed E-state index contributed by atoms with van der Waals surface area (Å²) in [4.78, 5) is 9.45. The fraction of sp³-hybridized carbons (Fsp3) is 0.933. The quantitative estimate of drug-likeness (QED) is 0.355. The molecule has 0 amide bonds. The minimum atomic E-state index is 0.467. The highest BCUT2D eigenvalue weighted by Crippen LogP contribution is 2.21. The van der Waals surface area contributed by atoms with Gasteiger partial charge in [0.1, 0.15) is 0 Å². The van der Waals surface area contributed by atoms with Crippen LogP contribution in [-0.2, 0) is 0 Å². The van der Waals surface area contributed by atoms with E-state index in [1.54, 1.807) is 0 Å². The molecule has 0 unspecified atom stereocenters. The zero-order valence-electron chi connectivity index (χ0n) is 13.1. The van der Waals surface area contributed by atoms with Gasteiger partial charge < -0.3 is 9.80 Å². The Morgan fingerprint density at radius 3 is 2.45 bits per heavy atom. The normalized spacial score (nSPS) is 23.9. The molecule has 0 atom stereocenters. The Morgan fingerprint density at radius 1 is 1.20 bits per heavy atom. The maximum absolute atomic E-state index is 5.69. The summed E-state index contributed by atoms with van der Waals surface area (Å²) in [5.74, 6) is 7.32. The van der Waals surface area contributed by atoms with Crippen LogP contribution in [0.25, 0.3) is 0 Å². The van der Waals surface area contributed by atoms with Gasteiger partial charge in [0.05, 0.1) is 6.04 Å². The maximum Gasteiger partial charge on any atom is 0.208 e. The average Bonchev–Trinajstić information content (AvgIpc) is 2.48. The van der Waals surface area contributed by atoms with Crippen molar-refractivity contribution in [1.82, 2.24) is 15.2 Å². The molecule has 0 bridgehead atoms. The Kier molecular flexibility index (Phi) is 6.10. The molecule has 3 N–H and O–H groups in total. The van der Waals surface area contributed by atoms with Gasteiger partial charge >= 0.3 is 0 Å². The lowest BCUT2D eigenvalue weighted by atomic mass is 9.96. The van der Waals surface area contributed by atoms with Gasteiger partial charge in [-0.3, -0.25) is 5.43 Å². The van der Waals surface area contributed by atoms with Crippen LogP contribution in [0.1, 0.15) is 44.9 Å². The third kappa shape index (κ3) is 4.63. The molecule has 2 fully saturated rings. The van der Waals surface area contributed by atoms with Gasteiger partial charge in [-0.05, 0) is 51.7 Å². The van der Waals surface area contributed by atoms with Gasteiger partial charge in [0.25, 0.3) is 0 Å². The Labute approximate surface area is 123 Å². The second-order valence-corrected chi connectivity index (χ2v) is 6.52. The second-order valence-electron chi connectivity index (χ2n) is 6.52. The number of hydrogen-bond donors (Lipinski definition) is 2. The van der Waals surface area contributed by atoms with Gasteiger partial charge in [-0.1, -0.05) is 19.3 Å². The van der Waals surface area contributed by atoms with Crippen LogP contribution in [0.5, 0.6) is 0 Å². The molecule has 2 rings (SSSR count). The number of aliphatic imine (C=N–C) groups is 1. The van der Waals surface area contributed by atoms with Gasteiger partial charge in [0.2, 0.25) is 5.96 Å². The fourth-order valence-electron chi connectivity index (χ4n) is 3.35. The van der Waals surface area contributed by atoms with Crippen molar-refractivity contribution in [1.29, 1.82) is 0 Å². The molecule has 1 aliphatic heterocycles. The number of hydrogen-bond acceptors (Lipinski definition) is 3. The van der Waals surface area contributed by atoms with Gasteiger partial charge in [-0.15, -0.1) is 0 Å². The molecule has 116 valence electrons. The van der Waals surface area contributed by atoms with Gasteiger partial charge in [-0.25, -0.2) is 10.8 Å². The highest BCUT2D eigenvalue weighted by molar-refractivity contribution is 5.79. The third-order valence-corrected chi connectivity index (χ3v) is 4.74. The van der Waals surface area contributed by atoms with Crippen LogP contribution in [0.3, 0.4) is 0 Å². The molecule has 5 heteroatoms. The Morgan fingerprint density at radius 2 is 1.85 bits per heavy atom. The summed E-state index contributed by atoms with van der Waals surface area (Å²) < 4.78 is 0. The smallest absolute Gasteiger partial charge is 0.208 e. The first kappa shape index (κ1) is 15.6. The molecule has 1 saturated carbocycles. The highest BCUT2D eigenvalue weighted by atomic mass is 15.4. The minimum Gasteiger partial charge on any atom is -0.345 e. The molecule has 1 heterocycles. The van der Waals surface area contributed by atoms with E-state index in [2.05, 4.69) is 29.3 Å². The first-order valence-electron chi connectivity index (χ1n) is 8.13. The van der Waals surface area contributed by atoms with Crippen LogP contribution in [-0.4, -0.2) is 55.5 Å². The van der Waals surface area contributed by atoms with E-state index in [4.69, 9.17) is 10.8 Å².